The standard InChI is InChI=1S/C11H18/c1-2-7-11(6-1)8-9-4-3-5-10(9)11/h9-10H,1-8H2. The molecule has 3 aliphatic rings. The second kappa shape index (κ2) is 2.02. The zero-order valence-corrected chi connectivity index (χ0v) is 7.31. The summed E-state index contributed by atoms with van der Waals surface area (Å²) >= 11 is 0. The normalized spacial score (nSPS) is 45.8. The topological polar surface area (TPSA) is 0 Å². The van der Waals surface area contributed by atoms with Crippen LogP contribution in [0.25, 0.3) is 0 Å². The first-order valence-corrected chi connectivity index (χ1v) is 5.41. The number of hydrogen-bond acceptors (Lipinski definition) is 0. The molecule has 0 amide bonds. The van der Waals surface area contributed by atoms with Gasteiger partial charge >= 0.3 is 0 Å². The van der Waals surface area contributed by atoms with E-state index in [4.69, 9.17) is 0 Å². The Hall–Kier alpha value is 0. The predicted molar refractivity (Wildman–Crippen MR) is 46.3 cm³/mol. The molecule has 0 aromatic carbocycles. The average Bonchev–Trinajstić information content (AvgIpc) is 2.52. The summed E-state index contributed by atoms with van der Waals surface area (Å²) in [5.74, 6) is 2.39. The van der Waals surface area contributed by atoms with E-state index in [1.165, 1.54) is 11.8 Å². The highest BCUT2D eigenvalue weighted by Crippen LogP contribution is 2.65. The Bertz CT molecular complexity index is 165. The highest BCUT2D eigenvalue weighted by molar-refractivity contribution is 5.05. The van der Waals surface area contributed by atoms with Crippen LogP contribution in [0.5, 0.6) is 0 Å². The highest BCUT2D eigenvalue weighted by atomic mass is 14.6. The van der Waals surface area contributed by atoms with Crippen molar-refractivity contribution < 1.29 is 0 Å². The molecule has 1 spiro atoms. The van der Waals surface area contributed by atoms with Gasteiger partial charge in [-0.2, -0.15) is 0 Å². The van der Waals surface area contributed by atoms with E-state index in [-0.39, 0.29) is 0 Å². The van der Waals surface area contributed by atoms with Crippen LogP contribution in [0.2, 0.25) is 0 Å². The molecular formula is C11H18. The van der Waals surface area contributed by atoms with E-state index in [0.717, 1.165) is 5.41 Å². The van der Waals surface area contributed by atoms with Crippen molar-refractivity contribution in [1.82, 2.24) is 0 Å². The zero-order chi connectivity index (χ0) is 7.31. The summed E-state index contributed by atoms with van der Waals surface area (Å²) in [4.78, 5) is 0. The third-order valence-electron chi connectivity index (χ3n) is 4.71. The quantitative estimate of drug-likeness (QED) is 0.496. The fourth-order valence-corrected chi connectivity index (χ4v) is 4.25. The molecule has 0 heteroatoms. The molecule has 0 N–H and O–H groups in total. The largest absolute Gasteiger partial charge is 0.0527 e. The van der Waals surface area contributed by atoms with Crippen molar-refractivity contribution in [3.05, 3.63) is 0 Å². The third kappa shape index (κ3) is 0.711. The lowest BCUT2D eigenvalue weighted by Gasteiger charge is -2.51. The summed E-state index contributed by atoms with van der Waals surface area (Å²) in [6.07, 6.45) is 12.6. The fraction of sp³-hybridized carbons (Fsp3) is 1.00. The summed E-state index contributed by atoms with van der Waals surface area (Å²) in [5, 5.41) is 0. The van der Waals surface area contributed by atoms with Crippen molar-refractivity contribution in [3.63, 3.8) is 0 Å². The van der Waals surface area contributed by atoms with E-state index in [9.17, 15) is 0 Å². The summed E-state index contributed by atoms with van der Waals surface area (Å²) in [5.41, 5.74) is 0.918. The van der Waals surface area contributed by atoms with E-state index >= 15 is 0 Å². The molecule has 0 nitrogen and oxygen atoms in total. The van der Waals surface area contributed by atoms with Gasteiger partial charge in [0.2, 0.25) is 0 Å². The number of fused-ring (bicyclic) bond motifs is 2. The van der Waals surface area contributed by atoms with Crippen LogP contribution in [0.15, 0.2) is 0 Å². The monoisotopic (exact) mass is 150 g/mol. The molecule has 3 saturated carbocycles. The maximum absolute atomic E-state index is 1.62. The summed E-state index contributed by atoms with van der Waals surface area (Å²) in [6.45, 7) is 0. The van der Waals surface area contributed by atoms with Gasteiger partial charge in [-0.25, -0.2) is 0 Å². The summed E-state index contributed by atoms with van der Waals surface area (Å²) in [6, 6.07) is 0. The van der Waals surface area contributed by atoms with Gasteiger partial charge in [0.1, 0.15) is 0 Å². The van der Waals surface area contributed by atoms with Crippen molar-refractivity contribution in [2.24, 2.45) is 17.3 Å². The Morgan fingerprint density at radius 3 is 2.45 bits per heavy atom. The first-order chi connectivity index (χ1) is 5.41. The molecule has 0 radical (unpaired) electrons. The second-order valence-electron chi connectivity index (χ2n) is 5.07. The minimum Gasteiger partial charge on any atom is -0.0527 e. The Morgan fingerprint density at radius 1 is 0.909 bits per heavy atom. The first-order valence-electron chi connectivity index (χ1n) is 5.41. The fourth-order valence-electron chi connectivity index (χ4n) is 4.25. The average molecular weight is 150 g/mol. The minimum atomic E-state index is 0.918. The molecule has 3 aliphatic carbocycles. The zero-order valence-electron chi connectivity index (χ0n) is 7.31. The lowest BCUT2D eigenvalue weighted by atomic mass is 9.54. The molecular weight excluding hydrogens is 132 g/mol. The molecule has 62 valence electrons. The van der Waals surface area contributed by atoms with E-state index in [1.54, 1.807) is 51.4 Å². The highest BCUT2D eigenvalue weighted by Gasteiger charge is 2.55. The molecule has 0 aromatic rings. The van der Waals surface area contributed by atoms with Crippen LogP contribution >= 0.6 is 0 Å². The Morgan fingerprint density at radius 2 is 1.73 bits per heavy atom. The molecule has 3 rings (SSSR count). The summed E-state index contributed by atoms with van der Waals surface area (Å²) < 4.78 is 0. The molecule has 0 aromatic heterocycles. The SMILES string of the molecule is C1CC2CC3(CCCC3)C2C1. The Labute approximate surface area is 69.4 Å². The van der Waals surface area contributed by atoms with Crippen molar-refractivity contribution in [2.75, 3.05) is 0 Å². The van der Waals surface area contributed by atoms with Crippen LogP contribution in [0.4, 0.5) is 0 Å². The maximum atomic E-state index is 1.62. The predicted octanol–water partition coefficient (Wildman–Crippen LogP) is 3.37. The lowest BCUT2D eigenvalue weighted by Crippen LogP contribution is -2.42. The van der Waals surface area contributed by atoms with Crippen LogP contribution < -0.4 is 0 Å². The van der Waals surface area contributed by atoms with Gasteiger partial charge < -0.3 is 0 Å². The first kappa shape index (κ1) is 6.51. The van der Waals surface area contributed by atoms with E-state index < -0.39 is 0 Å². The molecule has 3 fully saturated rings. The van der Waals surface area contributed by atoms with Gasteiger partial charge in [-0.1, -0.05) is 25.7 Å². The van der Waals surface area contributed by atoms with Crippen LogP contribution in [-0.4, -0.2) is 0 Å². The van der Waals surface area contributed by atoms with Crippen LogP contribution in [-0.2, 0) is 0 Å². The van der Waals surface area contributed by atoms with Crippen molar-refractivity contribution >= 4 is 0 Å². The lowest BCUT2D eigenvalue weighted by molar-refractivity contribution is -0.0147. The van der Waals surface area contributed by atoms with Gasteiger partial charge in [0.25, 0.3) is 0 Å². The van der Waals surface area contributed by atoms with Gasteiger partial charge in [0.05, 0.1) is 0 Å². The molecule has 2 atom stereocenters. The number of rotatable bonds is 0. The van der Waals surface area contributed by atoms with Gasteiger partial charge in [-0.05, 0) is 42.9 Å². The van der Waals surface area contributed by atoms with E-state index in [1.807, 2.05) is 0 Å². The van der Waals surface area contributed by atoms with Crippen molar-refractivity contribution in [2.45, 2.75) is 51.4 Å². The molecule has 2 unspecified atom stereocenters. The van der Waals surface area contributed by atoms with Crippen molar-refractivity contribution in [3.8, 4) is 0 Å². The van der Waals surface area contributed by atoms with Gasteiger partial charge in [-0.15, -0.1) is 0 Å². The molecule has 0 saturated heterocycles. The van der Waals surface area contributed by atoms with Crippen LogP contribution in [0, 0.1) is 17.3 Å². The minimum absolute atomic E-state index is 0.918. The third-order valence-corrected chi connectivity index (χ3v) is 4.71. The molecule has 0 aliphatic heterocycles. The van der Waals surface area contributed by atoms with Crippen LogP contribution in [0.1, 0.15) is 51.4 Å². The van der Waals surface area contributed by atoms with E-state index in [2.05, 4.69) is 0 Å². The molecule has 0 heterocycles. The maximum Gasteiger partial charge on any atom is -0.0264 e. The van der Waals surface area contributed by atoms with Gasteiger partial charge in [0.15, 0.2) is 0 Å². The van der Waals surface area contributed by atoms with E-state index in [0.29, 0.717) is 0 Å². The Kier molecular flexibility index (Phi) is 1.20. The molecule has 11 heavy (non-hydrogen) atoms. The molecule has 0 bridgehead atoms. The van der Waals surface area contributed by atoms with Gasteiger partial charge in [-0.3, -0.25) is 0 Å². The van der Waals surface area contributed by atoms with Crippen molar-refractivity contribution in [1.29, 1.82) is 0 Å². The van der Waals surface area contributed by atoms with Crippen LogP contribution in [0.3, 0.4) is 0 Å². The Balaban J connectivity index is 1.81. The second-order valence-corrected chi connectivity index (χ2v) is 5.07. The summed E-state index contributed by atoms with van der Waals surface area (Å²) in [7, 11) is 0. The van der Waals surface area contributed by atoms with Gasteiger partial charge in [0, 0.05) is 0 Å². The smallest absolute Gasteiger partial charge is 0.0264 e. The number of hydrogen-bond donors (Lipinski definition) is 0.